The van der Waals surface area contributed by atoms with E-state index in [-0.39, 0.29) is 10.6 Å². The molecule has 0 aliphatic rings. The molecule has 5 nitrogen and oxygen atoms in total. The van der Waals surface area contributed by atoms with E-state index in [4.69, 9.17) is 10.8 Å². The van der Waals surface area contributed by atoms with Gasteiger partial charge < -0.3 is 10.8 Å². The van der Waals surface area contributed by atoms with Gasteiger partial charge in [-0.3, -0.25) is 0 Å². The molecule has 0 spiro atoms. The largest absolute Gasteiger partial charge is 0.415 e. The van der Waals surface area contributed by atoms with Crippen molar-refractivity contribution >= 4 is 31.6 Å². The van der Waals surface area contributed by atoms with E-state index < -0.39 is 28.8 Å². The molecule has 1 aromatic rings. The molecule has 4 N–H and O–H groups in total. The summed E-state index contributed by atoms with van der Waals surface area (Å²) in [4.78, 5) is -0.243. The third-order valence-electron chi connectivity index (χ3n) is 2.43. The number of hydrogen-bond acceptors (Lipinski definition) is 4. The summed E-state index contributed by atoms with van der Waals surface area (Å²) in [6.45, 7) is 0.306. The average molecular weight is 377 g/mol. The molecule has 0 bridgehead atoms. The Morgan fingerprint density at radius 2 is 2.00 bits per heavy atom. The summed E-state index contributed by atoms with van der Waals surface area (Å²) in [6, 6.07) is 2.56. The van der Waals surface area contributed by atoms with E-state index >= 15 is 0 Å². The van der Waals surface area contributed by atoms with E-state index in [1.165, 1.54) is 13.0 Å². The number of anilines is 1. The van der Waals surface area contributed by atoms with E-state index in [1.807, 2.05) is 0 Å². The van der Waals surface area contributed by atoms with Crippen molar-refractivity contribution in [1.29, 1.82) is 0 Å². The number of aliphatic hydroxyl groups is 1. The predicted octanol–water partition coefficient (Wildman–Crippen LogP) is 1.54. The number of benzene rings is 1. The Hall–Kier alpha value is -0.840. The molecular formula is C10H12BrF3N2O3S. The molecule has 0 radical (unpaired) electrons. The van der Waals surface area contributed by atoms with Gasteiger partial charge in [0.1, 0.15) is 0 Å². The minimum absolute atomic E-state index is 0.132. The van der Waals surface area contributed by atoms with Crippen LogP contribution in [-0.4, -0.2) is 32.3 Å². The lowest BCUT2D eigenvalue weighted by Crippen LogP contribution is -2.40. The molecule has 1 rings (SSSR count). The Bertz CT molecular complexity index is 605. The Balaban J connectivity index is 2.98. The second kappa shape index (κ2) is 5.88. The van der Waals surface area contributed by atoms with Crippen LogP contribution in [-0.2, 0) is 10.0 Å². The van der Waals surface area contributed by atoms with Gasteiger partial charge in [-0.2, -0.15) is 13.2 Å². The number of sulfonamides is 1. The molecule has 0 saturated heterocycles. The molecule has 0 heterocycles. The summed E-state index contributed by atoms with van der Waals surface area (Å²) < 4.78 is 62.3. The smallest absolute Gasteiger partial charge is 0.398 e. The van der Waals surface area contributed by atoms with E-state index in [1.54, 1.807) is 4.72 Å². The maximum absolute atomic E-state index is 12.1. The van der Waals surface area contributed by atoms with Crippen LogP contribution in [0.2, 0.25) is 0 Å². The number of aryl methyl sites for hydroxylation is 1. The van der Waals surface area contributed by atoms with Gasteiger partial charge in [0.2, 0.25) is 10.0 Å². The molecule has 0 aliphatic carbocycles. The highest BCUT2D eigenvalue weighted by molar-refractivity contribution is 9.10. The molecule has 0 amide bonds. The zero-order valence-electron chi connectivity index (χ0n) is 10.2. The van der Waals surface area contributed by atoms with Crippen molar-refractivity contribution in [3.63, 3.8) is 0 Å². The molecule has 0 saturated carbocycles. The fraction of sp³-hybridized carbons (Fsp3) is 0.400. The molecule has 10 heteroatoms. The van der Waals surface area contributed by atoms with E-state index in [9.17, 15) is 21.6 Å². The molecule has 0 aliphatic heterocycles. The molecule has 1 aromatic carbocycles. The van der Waals surface area contributed by atoms with Crippen LogP contribution in [0.25, 0.3) is 0 Å². The van der Waals surface area contributed by atoms with Gasteiger partial charge in [-0.05, 0) is 40.5 Å². The number of alkyl halides is 3. The van der Waals surface area contributed by atoms with Crippen LogP contribution in [0, 0.1) is 6.92 Å². The van der Waals surface area contributed by atoms with Gasteiger partial charge in [0.15, 0.2) is 6.10 Å². The van der Waals surface area contributed by atoms with E-state index in [2.05, 4.69) is 15.9 Å². The number of nitrogens with two attached hydrogens (primary N) is 1. The summed E-state index contributed by atoms with van der Waals surface area (Å²) >= 11 is 3.11. The Labute approximate surface area is 122 Å². The van der Waals surface area contributed by atoms with Gasteiger partial charge in [0, 0.05) is 16.7 Å². The van der Waals surface area contributed by atoms with Crippen LogP contribution < -0.4 is 10.5 Å². The van der Waals surface area contributed by atoms with Crippen LogP contribution in [0.1, 0.15) is 5.56 Å². The summed E-state index contributed by atoms with van der Waals surface area (Å²) in [6.07, 6.45) is -7.67. The number of rotatable bonds is 4. The highest BCUT2D eigenvalue weighted by Gasteiger charge is 2.38. The number of nitrogens with one attached hydrogen (secondary N) is 1. The monoisotopic (exact) mass is 376 g/mol. The molecule has 1 unspecified atom stereocenters. The minimum Gasteiger partial charge on any atom is -0.398 e. The fourth-order valence-electron chi connectivity index (χ4n) is 1.34. The van der Waals surface area contributed by atoms with Crippen molar-refractivity contribution < 1.29 is 26.7 Å². The van der Waals surface area contributed by atoms with Gasteiger partial charge in [-0.15, -0.1) is 0 Å². The highest BCUT2D eigenvalue weighted by Crippen LogP contribution is 2.27. The fourth-order valence-corrected chi connectivity index (χ4v) is 3.10. The Morgan fingerprint density at radius 3 is 2.50 bits per heavy atom. The van der Waals surface area contributed by atoms with E-state index in [0.717, 1.165) is 6.07 Å². The lowest BCUT2D eigenvalue weighted by Gasteiger charge is -2.16. The molecular weight excluding hydrogens is 365 g/mol. The maximum atomic E-state index is 12.1. The molecule has 0 aromatic heterocycles. The lowest BCUT2D eigenvalue weighted by atomic mass is 10.2. The summed E-state index contributed by atoms with van der Waals surface area (Å²) in [5, 5.41) is 8.78. The first kappa shape index (κ1) is 17.2. The zero-order chi connectivity index (χ0) is 15.7. The molecule has 114 valence electrons. The third kappa shape index (κ3) is 4.08. The average Bonchev–Trinajstić information content (AvgIpc) is 2.29. The second-order valence-corrected chi connectivity index (χ2v) is 6.64. The first-order valence-electron chi connectivity index (χ1n) is 5.25. The van der Waals surface area contributed by atoms with Crippen molar-refractivity contribution in [2.24, 2.45) is 0 Å². The quantitative estimate of drug-likeness (QED) is 0.695. The molecule has 1 atom stereocenters. The first-order chi connectivity index (χ1) is 8.95. The number of hydrogen-bond donors (Lipinski definition) is 3. The number of halogens is 4. The standard InChI is InChI=1S/C10H12BrF3N2O3S/c1-5-2-6(11)7(15)3-8(5)20(18,19)16-4-9(17)10(12,13)14/h2-3,9,16-17H,4,15H2,1H3. The van der Waals surface area contributed by atoms with Crippen LogP contribution in [0.3, 0.4) is 0 Å². The Kier molecular flexibility index (Phi) is 5.06. The van der Waals surface area contributed by atoms with Gasteiger partial charge in [-0.1, -0.05) is 0 Å². The van der Waals surface area contributed by atoms with Gasteiger partial charge in [0.25, 0.3) is 0 Å². The molecule has 0 fully saturated rings. The lowest BCUT2D eigenvalue weighted by molar-refractivity contribution is -0.200. The number of nitrogen functional groups attached to an aromatic ring is 1. The first-order valence-corrected chi connectivity index (χ1v) is 7.53. The minimum atomic E-state index is -4.89. The zero-order valence-corrected chi connectivity index (χ0v) is 12.6. The van der Waals surface area contributed by atoms with Crippen molar-refractivity contribution in [3.05, 3.63) is 22.2 Å². The predicted molar refractivity (Wildman–Crippen MR) is 70.5 cm³/mol. The van der Waals surface area contributed by atoms with Gasteiger partial charge in [0.05, 0.1) is 4.90 Å². The van der Waals surface area contributed by atoms with Gasteiger partial charge >= 0.3 is 6.18 Å². The van der Waals surface area contributed by atoms with Crippen LogP contribution in [0.5, 0.6) is 0 Å². The van der Waals surface area contributed by atoms with Crippen LogP contribution in [0.15, 0.2) is 21.5 Å². The molecule has 20 heavy (non-hydrogen) atoms. The van der Waals surface area contributed by atoms with Crippen molar-refractivity contribution in [3.8, 4) is 0 Å². The van der Waals surface area contributed by atoms with Crippen LogP contribution in [0.4, 0.5) is 18.9 Å². The third-order valence-corrected chi connectivity index (χ3v) is 4.68. The summed E-state index contributed by atoms with van der Waals surface area (Å²) in [7, 11) is -4.20. The maximum Gasteiger partial charge on any atom is 0.415 e. The highest BCUT2D eigenvalue weighted by atomic mass is 79.9. The number of aliphatic hydroxyl groups excluding tert-OH is 1. The topological polar surface area (TPSA) is 92.4 Å². The van der Waals surface area contributed by atoms with Crippen molar-refractivity contribution in [2.45, 2.75) is 24.1 Å². The van der Waals surface area contributed by atoms with Gasteiger partial charge in [-0.25, -0.2) is 13.1 Å². The summed E-state index contributed by atoms with van der Waals surface area (Å²) in [5.74, 6) is 0. The van der Waals surface area contributed by atoms with E-state index in [0.29, 0.717) is 10.0 Å². The van der Waals surface area contributed by atoms with Crippen molar-refractivity contribution in [1.82, 2.24) is 4.72 Å². The Morgan fingerprint density at radius 1 is 1.45 bits per heavy atom. The van der Waals surface area contributed by atoms with Crippen LogP contribution >= 0.6 is 15.9 Å². The SMILES string of the molecule is Cc1cc(Br)c(N)cc1S(=O)(=O)NCC(O)C(F)(F)F. The second-order valence-electron chi connectivity index (χ2n) is 4.05. The normalized spacial score (nSPS) is 14.3. The summed E-state index contributed by atoms with van der Waals surface area (Å²) in [5.41, 5.74) is 5.98. The van der Waals surface area contributed by atoms with Crippen molar-refractivity contribution in [2.75, 3.05) is 12.3 Å².